The maximum Gasteiger partial charge on any atom is 0.335 e. The first-order valence-electron chi connectivity index (χ1n) is 12.2. The molecule has 2 aromatic rings. The molecule has 7 heteroatoms. The van der Waals surface area contributed by atoms with E-state index in [-0.39, 0.29) is 0 Å². The van der Waals surface area contributed by atoms with Crippen LogP contribution in [-0.2, 0) is 27.4 Å². The second-order valence-electron chi connectivity index (χ2n) is 9.45. The third-order valence-electron chi connectivity index (χ3n) is 6.45. The van der Waals surface area contributed by atoms with E-state index in [0.717, 1.165) is 37.7 Å². The van der Waals surface area contributed by atoms with E-state index in [4.69, 9.17) is 5.11 Å². The molecular weight excluding hydrogens is 449 g/mol. The van der Waals surface area contributed by atoms with Crippen LogP contribution in [-0.4, -0.2) is 40.4 Å². The Hall–Kier alpha value is -3.06. The summed E-state index contributed by atoms with van der Waals surface area (Å²) in [5.41, 5.74) is 2.08. The van der Waals surface area contributed by atoms with Crippen LogP contribution in [0.2, 0.25) is 0 Å². The fourth-order valence-electron chi connectivity index (χ4n) is 3.81. The maximum atomic E-state index is 12.3. The van der Waals surface area contributed by atoms with Crippen molar-refractivity contribution < 1.29 is 29.0 Å². The lowest BCUT2D eigenvalue weighted by molar-refractivity contribution is -0.235. The molecule has 1 aliphatic heterocycles. The number of carboxylic acid groups (broad SMARTS) is 1. The number of carbonyl (C=O) groups is 3. The number of rotatable bonds is 9. The Bertz CT molecular complexity index is 976. The molecule has 1 heterocycles. The van der Waals surface area contributed by atoms with Gasteiger partial charge in [0.2, 0.25) is 5.78 Å². The van der Waals surface area contributed by atoms with Crippen LogP contribution < -0.4 is 0 Å². The number of amides is 1. The molecule has 0 bridgehead atoms. The molecule has 3 rings (SSSR count). The Kier molecular flexibility index (Phi) is 11.1. The molecule has 0 aliphatic carbocycles. The number of Topliss-reactive ketones (excluding diaryl/α,β-unsaturated/α-hetero) is 1. The largest absolute Gasteiger partial charge is 0.478 e. The molecule has 1 unspecified atom stereocenters. The molecule has 1 N–H and O–H groups in total. The number of nitrogens with zero attached hydrogens (tertiary/aromatic N) is 1. The van der Waals surface area contributed by atoms with Crippen molar-refractivity contribution in [3.63, 3.8) is 0 Å². The highest BCUT2D eigenvalue weighted by atomic mass is 19.3. The number of benzene rings is 2. The van der Waals surface area contributed by atoms with E-state index in [0.29, 0.717) is 24.9 Å². The summed E-state index contributed by atoms with van der Waals surface area (Å²) in [6.07, 6.45) is 4.69. The molecule has 2 aromatic carbocycles. The molecule has 0 saturated carbocycles. The third-order valence-corrected chi connectivity index (χ3v) is 6.45. The summed E-state index contributed by atoms with van der Waals surface area (Å²) in [5.74, 6) is -1.96. The van der Waals surface area contributed by atoms with Crippen molar-refractivity contribution in [2.75, 3.05) is 6.54 Å². The molecule has 0 radical (unpaired) electrons. The number of piperidine rings is 1. The summed E-state index contributed by atoms with van der Waals surface area (Å²) in [7, 11) is 0. The van der Waals surface area contributed by atoms with Gasteiger partial charge < -0.3 is 10.0 Å². The molecule has 0 aromatic heterocycles. The zero-order valence-electron chi connectivity index (χ0n) is 20.8. The minimum Gasteiger partial charge on any atom is -0.478 e. The molecule has 6 nitrogen and oxygen atoms in total. The normalized spacial score (nSPS) is 15.7. The van der Waals surface area contributed by atoms with E-state index < -0.39 is 29.3 Å². The van der Waals surface area contributed by atoms with Crippen LogP contribution in [0.15, 0.2) is 54.6 Å². The minimum atomic E-state index is -0.896. The summed E-state index contributed by atoms with van der Waals surface area (Å²) >= 11 is 0. The van der Waals surface area contributed by atoms with Crippen LogP contribution in [0.1, 0.15) is 74.4 Å². The Morgan fingerprint density at radius 1 is 1.03 bits per heavy atom. The van der Waals surface area contributed by atoms with Crippen LogP contribution in [0.4, 0.5) is 4.53 Å². The molecule has 1 amide bonds. The monoisotopic (exact) mass is 485 g/mol. The summed E-state index contributed by atoms with van der Waals surface area (Å²) in [4.78, 5) is 39.8. The average Bonchev–Trinajstić information content (AvgIpc) is 2.89. The number of carboxylic acids is 1. The molecule has 1 saturated heterocycles. The van der Waals surface area contributed by atoms with Crippen LogP contribution in [0.5, 0.6) is 0 Å². The number of hydrogen-bond acceptors (Lipinski definition) is 4. The molecule has 1 aliphatic rings. The van der Waals surface area contributed by atoms with Gasteiger partial charge in [-0.25, -0.2) is 4.79 Å². The highest BCUT2D eigenvalue weighted by Crippen LogP contribution is 2.25. The molecule has 35 heavy (non-hydrogen) atoms. The Labute approximate surface area is 207 Å². The second-order valence-corrected chi connectivity index (χ2v) is 9.45. The summed E-state index contributed by atoms with van der Waals surface area (Å²) < 4.78 is 12.3. The van der Waals surface area contributed by atoms with E-state index in [9.17, 15) is 18.9 Å². The molecule has 190 valence electrons. The van der Waals surface area contributed by atoms with Crippen molar-refractivity contribution in [3.05, 3.63) is 71.3 Å². The van der Waals surface area contributed by atoms with E-state index >= 15 is 0 Å². The van der Waals surface area contributed by atoms with Crippen LogP contribution in [0, 0.1) is 5.41 Å². The van der Waals surface area contributed by atoms with Gasteiger partial charge in [-0.3, -0.25) is 9.59 Å². The van der Waals surface area contributed by atoms with Crippen molar-refractivity contribution in [2.24, 2.45) is 5.41 Å². The predicted octanol–water partition coefficient (Wildman–Crippen LogP) is 5.79. The van der Waals surface area contributed by atoms with Gasteiger partial charge >= 0.3 is 5.97 Å². The van der Waals surface area contributed by atoms with Gasteiger partial charge in [0.25, 0.3) is 5.91 Å². The van der Waals surface area contributed by atoms with Gasteiger partial charge in [-0.1, -0.05) is 63.2 Å². The quantitative estimate of drug-likeness (QED) is 0.455. The summed E-state index contributed by atoms with van der Waals surface area (Å²) in [5, 5.41) is 8.91. The lowest BCUT2D eigenvalue weighted by Crippen LogP contribution is -2.50. The van der Waals surface area contributed by atoms with Gasteiger partial charge in [-0.2, -0.15) is 4.94 Å². The summed E-state index contributed by atoms with van der Waals surface area (Å²) in [6.45, 7) is 5.69. The maximum absolute atomic E-state index is 12.3. The van der Waals surface area contributed by atoms with Crippen LogP contribution in [0.25, 0.3) is 0 Å². The highest BCUT2D eigenvalue weighted by molar-refractivity contribution is 6.37. The number of likely N-dealkylation sites (tertiary alicyclic amines) is 1. The molecule has 0 spiro atoms. The average molecular weight is 486 g/mol. The summed E-state index contributed by atoms with van der Waals surface area (Å²) in [6, 6.07) is 17.5. The first kappa shape index (κ1) is 28.2. The van der Waals surface area contributed by atoms with Crippen molar-refractivity contribution in [3.8, 4) is 0 Å². The highest BCUT2D eigenvalue weighted by Gasteiger charge is 2.38. The lowest BCUT2D eigenvalue weighted by atomic mass is 9.84. The smallest absolute Gasteiger partial charge is 0.335 e. The van der Waals surface area contributed by atoms with E-state index in [1.54, 1.807) is 32.0 Å². The third kappa shape index (κ3) is 8.58. The van der Waals surface area contributed by atoms with Gasteiger partial charge in [-0.15, -0.1) is 0 Å². The van der Waals surface area contributed by atoms with Crippen molar-refractivity contribution in [1.29, 1.82) is 0 Å². The standard InChI is InChI=1S/C16H16O2.C12H20FNO3/c17-16(18)15-11-5-10-14(12-15)9-4-8-13-6-2-1-3-7-13;1-4-12(2,3)10(15)11(16)14-8-6-5-7-9(14)17-13/h1-3,5-7,10-12H,4,8-9H2,(H,17,18);9H,4-8H2,1-3H3. The van der Waals surface area contributed by atoms with E-state index in [1.807, 2.05) is 31.2 Å². The number of ketones is 1. The molecular formula is C28H36FNO5. The van der Waals surface area contributed by atoms with Crippen LogP contribution in [0.3, 0.4) is 0 Å². The molecule has 1 atom stereocenters. The fraction of sp³-hybridized carbons (Fsp3) is 0.464. The number of aryl methyl sites for hydroxylation is 2. The Balaban J connectivity index is 0.000000247. The SMILES string of the molecule is CCC(C)(C)C(=O)C(=O)N1CCCCC1OF.O=C(O)c1cccc(CCCc2ccccc2)c1. The number of hydrogen-bond donors (Lipinski definition) is 1. The predicted molar refractivity (Wildman–Crippen MR) is 132 cm³/mol. The van der Waals surface area contributed by atoms with E-state index in [1.165, 1.54) is 10.5 Å². The first-order valence-corrected chi connectivity index (χ1v) is 12.2. The second kappa shape index (κ2) is 13.7. The minimum absolute atomic E-state index is 0.368. The van der Waals surface area contributed by atoms with Crippen molar-refractivity contribution in [2.45, 2.75) is 71.9 Å². The first-order chi connectivity index (χ1) is 16.7. The number of carbonyl (C=O) groups excluding carboxylic acids is 2. The lowest BCUT2D eigenvalue weighted by Gasteiger charge is -2.33. The van der Waals surface area contributed by atoms with Gasteiger partial charge in [-0.05, 0) is 72.7 Å². The fourth-order valence-corrected chi connectivity index (χ4v) is 3.81. The number of halogens is 1. The Morgan fingerprint density at radius 2 is 1.69 bits per heavy atom. The van der Waals surface area contributed by atoms with Crippen molar-refractivity contribution in [1.82, 2.24) is 4.90 Å². The zero-order valence-corrected chi connectivity index (χ0v) is 20.8. The molecule has 1 fully saturated rings. The van der Waals surface area contributed by atoms with E-state index in [2.05, 4.69) is 17.1 Å². The number of aromatic carboxylic acids is 1. The van der Waals surface area contributed by atoms with Crippen LogP contribution >= 0.6 is 0 Å². The van der Waals surface area contributed by atoms with Gasteiger partial charge in [0.1, 0.15) is 0 Å². The topological polar surface area (TPSA) is 83.9 Å². The van der Waals surface area contributed by atoms with Gasteiger partial charge in [0.15, 0.2) is 6.23 Å². The van der Waals surface area contributed by atoms with Crippen molar-refractivity contribution >= 4 is 17.7 Å². The Morgan fingerprint density at radius 3 is 2.31 bits per heavy atom. The van der Waals surface area contributed by atoms with Gasteiger partial charge in [0, 0.05) is 12.0 Å². The van der Waals surface area contributed by atoms with Gasteiger partial charge in [0.05, 0.1) is 5.56 Å². The zero-order chi connectivity index (χ0) is 25.8.